The standard InChI is InChI=1S/C13H10N4O2S/c14-13(18)19-12-11(20-8-3-6-15-7-4-8)10-9(17-12)2-1-5-16-10/h1-7,17H,(H2,14,18). The number of aromatic amines is 1. The summed E-state index contributed by atoms with van der Waals surface area (Å²) in [6.07, 6.45) is 4.20. The number of nitrogens with zero attached hydrogens (tertiary/aromatic N) is 2. The molecule has 0 saturated heterocycles. The SMILES string of the molecule is NC(=O)Oc1[nH]c2cccnc2c1Sc1ccncc1. The lowest BCUT2D eigenvalue weighted by molar-refractivity contribution is 0.208. The van der Waals surface area contributed by atoms with Crippen LogP contribution in [0.1, 0.15) is 0 Å². The molecule has 0 bridgehead atoms. The first-order valence-electron chi connectivity index (χ1n) is 5.76. The first-order chi connectivity index (χ1) is 9.74. The zero-order valence-corrected chi connectivity index (χ0v) is 11.1. The van der Waals surface area contributed by atoms with Crippen molar-refractivity contribution >= 4 is 28.9 Å². The van der Waals surface area contributed by atoms with Crippen molar-refractivity contribution < 1.29 is 9.53 Å². The molecule has 0 aromatic carbocycles. The monoisotopic (exact) mass is 286 g/mol. The second-order valence-corrected chi connectivity index (χ2v) is 4.97. The molecule has 1 amide bonds. The van der Waals surface area contributed by atoms with Gasteiger partial charge in [0.25, 0.3) is 0 Å². The number of carbonyl (C=O) groups excluding carboxylic acids is 1. The zero-order chi connectivity index (χ0) is 13.9. The fourth-order valence-electron chi connectivity index (χ4n) is 1.76. The molecule has 3 aromatic rings. The van der Waals surface area contributed by atoms with E-state index in [1.165, 1.54) is 11.8 Å². The number of pyridine rings is 2. The predicted molar refractivity (Wildman–Crippen MR) is 74.7 cm³/mol. The van der Waals surface area contributed by atoms with Crippen LogP contribution in [0, 0.1) is 0 Å². The van der Waals surface area contributed by atoms with Crippen LogP contribution in [0.2, 0.25) is 0 Å². The molecule has 0 aliphatic rings. The molecule has 0 saturated carbocycles. The van der Waals surface area contributed by atoms with Gasteiger partial charge in [0.1, 0.15) is 10.4 Å². The normalized spacial score (nSPS) is 10.6. The molecule has 20 heavy (non-hydrogen) atoms. The number of hydrogen-bond acceptors (Lipinski definition) is 5. The Balaban J connectivity index is 2.08. The number of aromatic nitrogens is 3. The third kappa shape index (κ3) is 2.43. The van der Waals surface area contributed by atoms with Crippen molar-refractivity contribution in [2.45, 2.75) is 9.79 Å². The van der Waals surface area contributed by atoms with Gasteiger partial charge in [0, 0.05) is 23.5 Å². The second-order valence-electron chi connectivity index (χ2n) is 3.89. The number of fused-ring (bicyclic) bond motifs is 1. The third-order valence-corrected chi connectivity index (χ3v) is 3.64. The molecule has 6 nitrogen and oxygen atoms in total. The Morgan fingerprint density at radius 2 is 2.05 bits per heavy atom. The molecular formula is C13H10N4O2S. The molecule has 0 aliphatic carbocycles. The lowest BCUT2D eigenvalue weighted by Crippen LogP contribution is -2.16. The quantitative estimate of drug-likeness (QED) is 0.771. The molecular weight excluding hydrogens is 276 g/mol. The van der Waals surface area contributed by atoms with Gasteiger partial charge >= 0.3 is 6.09 Å². The minimum Gasteiger partial charge on any atom is -0.392 e. The average Bonchev–Trinajstić information content (AvgIpc) is 2.77. The van der Waals surface area contributed by atoms with Crippen LogP contribution in [0.4, 0.5) is 4.79 Å². The first-order valence-corrected chi connectivity index (χ1v) is 6.57. The summed E-state index contributed by atoms with van der Waals surface area (Å²) in [6.45, 7) is 0. The number of primary amides is 1. The van der Waals surface area contributed by atoms with Gasteiger partial charge in [0.15, 0.2) is 0 Å². The molecule has 100 valence electrons. The van der Waals surface area contributed by atoms with Gasteiger partial charge in [0.05, 0.1) is 5.52 Å². The Morgan fingerprint density at radius 3 is 2.80 bits per heavy atom. The summed E-state index contributed by atoms with van der Waals surface area (Å²) in [5.41, 5.74) is 6.59. The van der Waals surface area contributed by atoms with Crippen molar-refractivity contribution in [3.63, 3.8) is 0 Å². The van der Waals surface area contributed by atoms with Crippen LogP contribution in [0.5, 0.6) is 5.88 Å². The van der Waals surface area contributed by atoms with Crippen LogP contribution in [-0.2, 0) is 0 Å². The molecule has 0 aliphatic heterocycles. The largest absolute Gasteiger partial charge is 0.411 e. The number of amides is 1. The van der Waals surface area contributed by atoms with Gasteiger partial charge in [-0.2, -0.15) is 0 Å². The Kier molecular flexibility index (Phi) is 3.26. The maximum Gasteiger partial charge on any atom is 0.411 e. The van der Waals surface area contributed by atoms with Crippen LogP contribution in [0.3, 0.4) is 0 Å². The molecule has 0 fully saturated rings. The summed E-state index contributed by atoms with van der Waals surface area (Å²) in [6, 6.07) is 7.38. The second kappa shape index (κ2) is 5.22. The van der Waals surface area contributed by atoms with Gasteiger partial charge in [-0.15, -0.1) is 0 Å². The summed E-state index contributed by atoms with van der Waals surface area (Å²) in [5.74, 6) is 0.299. The average molecular weight is 286 g/mol. The van der Waals surface area contributed by atoms with Crippen molar-refractivity contribution in [1.29, 1.82) is 0 Å². The number of H-pyrrole nitrogens is 1. The van der Waals surface area contributed by atoms with Gasteiger partial charge in [0.2, 0.25) is 5.88 Å². The molecule has 3 N–H and O–H groups in total. The van der Waals surface area contributed by atoms with Crippen LogP contribution in [-0.4, -0.2) is 21.0 Å². The highest BCUT2D eigenvalue weighted by Gasteiger charge is 2.16. The highest BCUT2D eigenvalue weighted by Crippen LogP contribution is 2.39. The van der Waals surface area contributed by atoms with Crippen LogP contribution in [0.25, 0.3) is 11.0 Å². The van der Waals surface area contributed by atoms with Gasteiger partial charge in [-0.05, 0) is 24.3 Å². The Labute approximate surface area is 118 Å². The summed E-state index contributed by atoms with van der Waals surface area (Å²) in [7, 11) is 0. The lowest BCUT2D eigenvalue weighted by atomic mass is 10.4. The maximum atomic E-state index is 11.0. The van der Waals surface area contributed by atoms with Gasteiger partial charge in [-0.3, -0.25) is 9.97 Å². The fraction of sp³-hybridized carbons (Fsp3) is 0. The molecule has 0 spiro atoms. The van der Waals surface area contributed by atoms with E-state index in [9.17, 15) is 4.79 Å². The van der Waals surface area contributed by atoms with E-state index < -0.39 is 6.09 Å². The number of rotatable bonds is 3. The van der Waals surface area contributed by atoms with Gasteiger partial charge in [-0.25, -0.2) is 4.79 Å². The summed E-state index contributed by atoms with van der Waals surface area (Å²) in [4.78, 5) is 23.9. The number of carbonyl (C=O) groups is 1. The van der Waals surface area contributed by atoms with E-state index in [0.717, 1.165) is 15.9 Å². The van der Waals surface area contributed by atoms with Crippen molar-refractivity contribution in [1.82, 2.24) is 15.0 Å². The van der Waals surface area contributed by atoms with E-state index in [-0.39, 0.29) is 0 Å². The zero-order valence-electron chi connectivity index (χ0n) is 10.2. The molecule has 3 rings (SSSR count). The first kappa shape index (κ1) is 12.5. The van der Waals surface area contributed by atoms with E-state index in [4.69, 9.17) is 10.5 Å². The Hall–Kier alpha value is -2.54. The number of nitrogens with one attached hydrogen (secondary N) is 1. The van der Waals surface area contributed by atoms with Gasteiger partial charge < -0.3 is 15.5 Å². The van der Waals surface area contributed by atoms with Crippen LogP contribution >= 0.6 is 11.8 Å². The minimum atomic E-state index is -0.867. The van der Waals surface area contributed by atoms with Crippen molar-refractivity contribution in [2.24, 2.45) is 5.73 Å². The van der Waals surface area contributed by atoms with E-state index in [1.54, 1.807) is 24.7 Å². The maximum absolute atomic E-state index is 11.0. The number of ether oxygens (including phenoxy) is 1. The van der Waals surface area contributed by atoms with Crippen molar-refractivity contribution in [3.8, 4) is 5.88 Å². The smallest absolute Gasteiger partial charge is 0.392 e. The number of nitrogens with two attached hydrogens (primary N) is 1. The topological polar surface area (TPSA) is 93.9 Å². The minimum absolute atomic E-state index is 0.299. The highest BCUT2D eigenvalue weighted by molar-refractivity contribution is 7.99. The number of hydrogen-bond donors (Lipinski definition) is 2. The Bertz CT molecular complexity index is 757. The molecule has 7 heteroatoms. The summed E-state index contributed by atoms with van der Waals surface area (Å²) >= 11 is 1.43. The summed E-state index contributed by atoms with van der Waals surface area (Å²) < 4.78 is 5.01. The van der Waals surface area contributed by atoms with Crippen molar-refractivity contribution in [3.05, 3.63) is 42.9 Å². The van der Waals surface area contributed by atoms with Crippen molar-refractivity contribution in [2.75, 3.05) is 0 Å². The predicted octanol–water partition coefficient (Wildman–Crippen LogP) is 2.57. The third-order valence-electron chi connectivity index (χ3n) is 2.55. The van der Waals surface area contributed by atoms with E-state index >= 15 is 0 Å². The summed E-state index contributed by atoms with van der Waals surface area (Å²) in [5, 5.41) is 0. The molecule has 0 unspecified atom stereocenters. The molecule has 3 aromatic heterocycles. The van der Waals surface area contributed by atoms with Crippen LogP contribution < -0.4 is 10.5 Å². The van der Waals surface area contributed by atoms with Crippen LogP contribution in [0.15, 0.2) is 52.6 Å². The fourth-order valence-corrected chi connectivity index (χ4v) is 2.70. The molecule has 0 radical (unpaired) electrons. The highest BCUT2D eigenvalue weighted by atomic mass is 32.2. The van der Waals surface area contributed by atoms with E-state index in [1.807, 2.05) is 18.2 Å². The van der Waals surface area contributed by atoms with E-state index in [2.05, 4.69) is 15.0 Å². The Morgan fingerprint density at radius 1 is 1.25 bits per heavy atom. The molecule has 3 heterocycles. The van der Waals surface area contributed by atoms with Gasteiger partial charge in [-0.1, -0.05) is 11.8 Å². The van der Waals surface area contributed by atoms with E-state index in [0.29, 0.717) is 10.8 Å². The molecule has 0 atom stereocenters. The lowest BCUT2D eigenvalue weighted by Gasteiger charge is -2.03.